The molecule has 0 aliphatic heterocycles. The van der Waals surface area contributed by atoms with Gasteiger partial charge in [-0.1, -0.05) is 0 Å². The standard InChI is InChI=1S/C18H11N7O10S.Na/c26-21-22(16-8-4-13(23(27)28)10-18(16)25(31)32)12-3-7-15(17(9-12)24(29)30)20-19-11-1-5-14(6-2-11)36(33,34)35;/h1-10H,(H,33,34,35);. The molecule has 3 aromatic carbocycles. The first-order chi connectivity index (χ1) is 16.9. The Bertz CT molecular complexity index is 1530. The van der Waals surface area contributed by atoms with Gasteiger partial charge in [0.25, 0.3) is 21.5 Å². The molecule has 0 fully saturated rings. The average molecular weight is 540 g/mol. The fourth-order valence-electron chi connectivity index (χ4n) is 2.85. The van der Waals surface area contributed by atoms with E-state index in [-0.39, 0.29) is 46.6 Å². The van der Waals surface area contributed by atoms with Crippen LogP contribution in [0.15, 0.2) is 81.1 Å². The summed E-state index contributed by atoms with van der Waals surface area (Å²) in [7, 11) is -4.43. The van der Waals surface area contributed by atoms with Crippen molar-refractivity contribution in [2.24, 2.45) is 15.5 Å². The fraction of sp³-hybridized carbons (Fsp3) is 0. The largest absolute Gasteiger partial charge is 0.301 e. The van der Waals surface area contributed by atoms with Crippen molar-refractivity contribution in [2.75, 3.05) is 5.01 Å². The van der Waals surface area contributed by atoms with E-state index in [1.165, 1.54) is 12.1 Å². The van der Waals surface area contributed by atoms with Crippen molar-refractivity contribution in [3.63, 3.8) is 0 Å². The summed E-state index contributed by atoms with van der Waals surface area (Å²) in [6, 6.07) is 9.85. The zero-order valence-electron chi connectivity index (χ0n) is 18.4. The molecule has 0 amide bonds. The van der Waals surface area contributed by atoms with Crippen molar-refractivity contribution < 1.29 is 27.7 Å². The van der Waals surface area contributed by atoms with E-state index in [2.05, 4.69) is 15.5 Å². The predicted molar refractivity (Wildman–Crippen MR) is 127 cm³/mol. The number of hydrogen-bond acceptors (Lipinski definition) is 12. The third-order valence-electron chi connectivity index (χ3n) is 4.48. The molecule has 3 rings (SSSR count). The van der Waals surface area contributed by atoms with Crippen LogP contribution in [0.25, 0.3) is 0 Å². The minimum absolute atomic E-state index is 0. The summed E-state index contributed by atoms with van der Waals surface area (Å²) in [5, 5.41) is 44.5. The number of hydrogen-bond donors (Lipinski definition) is 1. The van der Waals surface area contributed by atoms with E-state index in [0.717, 1.165) is 42.5 Å². The van der Waals surface area contributed by atoms with Crippen molar-refractivity contribution in [3.8, 4) is 0 Å². The van der Waals surface area contributed by atoms with E-state index >= 15 is 0 Å². The molecule has 0 aliphatic carbocycles. The monoisotopic (exact) mass is 540 g/mol. The summed E-state index contributed by atoms with van der Waals surface area (Å²) in [5.41, 5.74) is -3.13. The predicted octanol–water partition coefficient (Wildman–Crippen LogP) is 4.51. The quantitative estimate of drug-likeness (QED) is 0.0987. The van der Waals surface area contributed by atoms with Crippen LogP contribution < -0.4 is 5.01 Å². The first-order valence-corrected chi connectivity index (χ1v) is 10.7. The van der Waals surface area contributed by atoms with Gasteiger partial charge in [-0.15, -0.1) is 10.0 Å². The number of nitroso groups, excluding NO2 is 1. The van der Waals surface area contributed by atoms with Gasteiger partial charge in [0.15, 0.2) is 5.69 Å². The van der Waals surface area contributed by atoms with Gasteiger partial charge in [-0.2, -0.15) is 18.5 Å². The van der Waals surface area contributed by atoms with Crippen molar-refractivity contribution in [2.45, 2.75) is 4.90 Å². The van der Waals surface area contributed by atoms with Gasteiger partial charge in [-0.05, 0) is 42.5 Å². The Kier molecular flexibility index (Phi) is 9.15. The van der Waals surface area contributed by atoms with Crippen LogP contribution in [0, 0.1) is 35.3 Å². The third kappa shape index (κ3) is 6.71. The fourth-order valence-corrected chi connectivity index (χ4v) is 3.33. The Morgan fingerprint density at radius 3 is 1.92 bits per heavy atom. The Hall–Kier alpha value is -4.23. The molecule has 0 spiro atoms. The second kappa shape index (κ2) is 11.7. The Morgan fingerprint density at radius 1 is 0.784 bits per heavy atom. The van der Waals surface area contributed by atoms with Crippen LogP contribution in [0.2, 0.25) is 0 Å². The van der Waals surface area contributed by atoms with Gasteiger partial charge in [0.1, 0.15) is 5.69 Å². The minimum atomic E-state index is -4.43. The Labute approximate surface area is 227 Å². The van der Waals surface area contributed by atoms with Gasteiger partial charge in [0.05, 0.1) is 42.4 Å². The molecule has 0 atom stereocenters. The number of azo groups is 1. The molecule has 185 valence electrons. The topological polar surface area (TPSA) is 241 Å². The molecule has 0 bridgehead atoms. The molecule has 0 saturated heterocycles. The Morgan fingerprint density at radius 2 is 1.41 bits per heavy atom. The zero-order valence-corrected chi connectivity index (χ0v) is 21.3. The number of non-ortho nitro benzene ring substituents is 1. The molecule has 0 aliphatic rings. The van der Waals surface area contributed by atoms with Gasteiger partial charge < -0.3 is 0 Å². The molecule has 0 unspecified atom stereocenters. The molecule has 19 heteroatoms. The van der Waals surface area contributed by atoms with Gasteiger partial charge in [0, 0.05) is 41.7 Å². The van der Waals surface area contributed by atoms with E-state index in [9.17, 15) is 43.7 Å². The maximum absolute atomic E-state index is 11.6. The summed E-state index contributed by atoms with van der Waals surface area (Å²) >= 11 is 0. The summed E-state index contributed by atoms with van der Waals surface area (Å²) in [6.07, 6.45) is 0. The van der Waals surface area contributed by atoms with Crippen LogP contribution in [-0.2, 0) is 10.1 Å². The molecule has 37 heavy (non-hydrogen) atoms. The normalized spacial score (nSPS) is 10.9. The van der Waals surface area contributed by atoms with Crippen molar-refractivity contribution in [1.29, 1.82) is 0 Å². The summed E-state index contributed by atoms with van der Waals surface area (Å²) in [5.74, 6) is 0. The van der Waals surface area contributed by atoms with Crippen LogP contribution in [-0.4, -0.2) is 57.3 Å². The number of rotatable bonds is 9. The molecule has 1 N–H and O–H groups in total. The number of nitro groups is 3. The van der Waals surface area contributed by atoms with Gasteiger partial charge in [-0.25, -0.2) is 0 Å². The second-order valence-electron chi connectivity index (χ2n) is 6.68. The molecular weight excluding hydrogens is 529 g/mol. The molecule has 0 aromatic heterocycles. The Balaban J connectivity index is 0.00000481. The second-order valence-corrected chi connectivity index (χ2v) is 8.10. The molecule has 0 heterocycles. The van der Waals surface area contributed by atoms with Gasteiger partial charge in [-0.3, -0.25) is 34.9 Å². The van der Waals surface area contributed by atoms with E-state index in [4.69, 9.17) is 4.55 Å². The summed E-state index contributed by atoms with van der Waals surface area (Å²) in [6.45, 7) is 0. The van der Waals surface area contributed by atoms with E-state index in [1.54, 1.807) is 0 Å². The van der Waals surface area contributed by atoms with Gasteiger partial charge in [0.2, 0.25) is 0 Å². The number of nitro benzene ring substituents is 3. The van der Waals surface area contributed by atoms with Crippen LogP contribution >= 0.6 is 0 Å². The number of nitrogens with zero attached hydrogens (tertiary/aromatic N) is 7. The molecule has 1 radical (unpaired) electrons. The zero-order chi connectivity index (χ0) is 26.6. The SMILES string of the molecule is O=NN(c1ccc(N=Nc2ccc(S(=O)(=O)O)cc2)c([N+](=O)[O-])c1)c1ccc([N+](=O)[O-])cc1[N+](=O)[O-].[Na]. The van der Waals surface area contributed by atoms with E-state index < -0.39 is 52.5 Å². The third-order valence-corrected chi connectivity index (χ3v) is 5.35. The van der Waals surface area contributed by atoms with Crippen molar-refractivity contribution in [1.82, 2.24) is 0 Å². The maximum Gasteiger partial charge on any atom is 0.301 e. The molecule has 0 saturated carbocycles. The first-order valence-electron chi connectivity index (χ1n) is 9.26. The molecule has 3 aromatic rings. The maximum atomic E-state index is 11.6. The van der Waals surface area contributed by atoms with Crippen LogP contribution in [0.3, 0.4) is 0 Å². The van der Waals surface area contributed by atoms with Crippen molar-refractivity contribution in [3.05, 3.63) is 95.9 Å². The number of anilines is 2. The average Bonchev–Trinajstić information content (AvgIpc) is 2.83. The van der Waals surface area contributed by atoms with Crippen LogP contribution in [0.5, 0.6) is 0 Å². The molecule has 17 nitrogen and oxygen atoms in total. The number of benzene rings is 3. The first kappa shape index (κ1) is 29.0. The van der Waals surface area contributed by atoms with Crippen molar-refractivity contribution >= 4 is 79.5 Å². The van der Waals surface area contributed by atoms with E-state index in [0.29, 0.717) is 11.1 Å². The minimum Gasteiger partial charge on any atom is -0.282 e. The summed E-state index contributed by atoms with van der Waals surface area (Å²) < 4.78 is 31.2. The van der Waals surface area contributed by atoms with E-state index in [1.807, 2.05) is 0 Å². The summed E-state index contributed by atoms with van der Waals surface area (Å²) in [4.78, 5) is 42.3. The van der Waals surface area contributed by atoms with Crippen LogP contribution in [0.4, 0.5) is 39.8 Å². The van der Waals surface area contributed by atoms with Gasteiger partial charge >= 0.3 is 5.69 Å². The smallest absolute Gasteiger partial charge is 0.282 e. The molecular formula is C18H11N7NaO10S. The van der Waals surface area contributed by atoms with Crippen LogP contribution in [0.1, 0.15) is 0 Å².